The van der Waals surface area contributed by atoms with E-state index in [1.807, 2.05) is 11.6 Å². The van der Waals surface area contributed by atoms with Gasteiger partial charge in [-0.25, -0.2) is 4.57 Å². The highest BCUT2D eigenvalue weighted by Gasteiger charge is 2.54. The molecule has 3 nitrogen and oxygen atoms in total. The summed E-state index contributed by atoms with van der Waals surface area (Å²) in [6.45, 7) is 0.538. The van der Waals surface area contributed by atoms with Crippen molar-refractivity contribution >= 4 is 5.78 Å². The van der Waals surface area contributed by atoms with E-state index in [1.54, 1.807) is 0 Å². The van der Waals surface area contributed by atoms with Crippen LogP contribution in [0.5, 0.6) is 0 Å². The Bertz CT molecular complexity index is 787. The third-order valence-electron chi connectivity index (χ3n) is 7.16. The van der Waals surface area contributed by atoms with Crippen molar-refractivity contribution in [3.8, 4) is 11.1 Å². The Kier molecular flexibility index (Phi) is 3.73. The first-order valence-electron chi connectivity index (χ1n) is 10.1. The van der Waals surface area contributed by atoms with Crippen molar-refractivity contribution in [3.05, 3.63) is 49.1 Å². The third kappa shape index (κ3) is 2.78. The number of aromatic nitrogens is 2. The average Bonchev–Trinajstić information content (AvgIpc) is 2.62. The largest absolute Gasteiger partial charge is 0.292 e. The minimum Gasteiger partial charge on any atom is -0.292 e. The number of carbonyl (C=O) groups excluding carboxylic acids is 1. The van der Waals surface area contributed by atoms with Crippen molar-refractivity contribution in [2.75, 3.05) is 0 Å². The van der Waals surface area contributed by atoms with Crippen LogP contribution in [0, 0.1) is 23.2 Å². The second kappa shape index (κ2) is 6.00. The molecular weight excluding hydrogens is 320 g/mol. The monoisotopic (exact) mass is 348 g/mol. The standard InChI is InChI=1S/C23H28N2O/c1-24-6-2-20(3-7-24)21-4-8-25(9-5-21)16-22(26)23-13-17-10-18(14-23)12-19(11-17)15-23/h2-9,17-19H,10-16H2,1H3/q+2. The first-order chi connectivity index (χ1) is 12.6. The summed E-state index contributed by atoms with van der Waals surface area (Å²) in [5.41, 5.74) is 2.42. The fourth-order valence-electron chi connectivity index (χ4n) is 6.23. The van der Waals surface area contributed by atoms with Crippen LogP contribution in [0.1, 0.15) is 38.5 Å². The fourth-order valence-corrected chi connectivity index (χ4v) is 6.23. The van der Waals surface area contributed by atoms with Crippen molar-refractivity contribution in [1.29, 1.82) is 0 Å². The topological polar surface area (TPSA) is 24.8 Å². The number of hydrogen-bond donors (Lipinski definition) is 0. The Balaban J connectivity index is 1.32. The van der Waals surface area contributed by atoms with Crippen molar-refractivity contribution in [2.45, 2.75) is 45.1 Å². The predicted molar refractivity (Wildman–Crippen MR) is 98.9 cm³/mol. The highest BCUT2D eigenvalue weighted by molar-refractivity contribution is 5.84. The van der Waals surface area contributed by atoms with Gasteiger partial charge in [0.05, 0.1) is 0 Å². The molecule has 0 aliphatic heterocycles. The molecule has 26 heavy (non-hydrogen) atoms. The summed E-state index contributed by atoms with van der Waals surface area (Å²) in [4.78, 5) is 13.2. The van der Waals surface area contributed by atoms with Crippen LogP contribution in [0.25, 0.3) is 11.1 Å². The van der Waals surface area contributed by atoms with Gasteiger partial charge >= 0.3 is 0 Å². The van der Waals surface area contributed by atoms with Crippen LogP contribution >= 0.6 is 0 Å². The van der Waals surface area contributed by atoms with Gasteiger partial charge in [0.25, 0.3) is 0 Å². The maximum atomic E-state index is 13.2. The Morgan fingerprint density at radius 3 is 1.85 bits per heavy atom. The van der Waals surface area contributed by atoms with Gasteiger partial charge in [-0.2, -0.15) is 4.57 Å². The fraction of sp³-hybridized carbons (Fsp3) is 0.522. The summed E-state index contributed by atoms with van der Waals surface area (Å²) in [6.07, 6.45) is 15.9. The van der Waals surface area contributed by atoms with E-state index in [0.29, 0.717) is 12.3 Å². The number of nitrogens with zero attached hydrogens (tertiary/aromatic N) is 2. The highest BCUT2D eigenvalue weighted by atomic mass is 16.1. The molecule has 0 amide bonds. The number of pyridine rings is 2. The highest BCUT2D eigenvalue weighted by Crippen LogP contribution is 2.60. The van der Waals surface area contributed by atoms with E-state index < -0.39 is 0 Å². The summed E-state index contributed by atoms with van der Waals surface area (Å²) in [6, 6.07) is 8.51. The molecule has 2 heterocycles. The molecule has 4 fully saturated rings. The van der Waals surface area contributed by atoms with Gasteiger partial charge in [0, 0.05) is 29.7 Å². The normalized spacial score (nSPS) is 32.0. The maximum absolute atomic E-state index is 13.2. The molecule has 4 aliphatic rings. The minimum absolute atomic E-state index is 0.00853. The zero-order chi connectivity index (χ0) is 17.7. The zero-order valence-corrected chi connectivity index (χ0v) is 15.6. The number of aryl methyl sites for hydroxylation is 1. The molecule has 0 radical (unpaired) electrons. The second-order valence-corrected chi connectivity index (χ2v) is 9.13. The molecule has 4 bridgehead atoms. The van der Waals surface area contributed by atoms with E-state index in [-0.39, 0.29) is 5.41 Å². The summed E-state index contributed by atoms with van der Waals surface area (Å²) < 4.78 is 4.12. The van der Waals surface area contributed by atoms with Crippen LogP contribution < -0.4 is 9.13 Å². The van der Waals surface area contributed by atoms with Gasteiger partial charge in [-0.15, -0.1) is 0 Å². The number of rotatable bonds is 4. The van der Waals surface area contributed by atoms with E-state index in [0.717, 1.165) is 17.8 Å². The first-order valence-corrected chi connectivity index (χ1v) is 10.1. The number of ketones is 1. The van der Waals surface area contributed by atoms with E-state index in [1.165, 1.54) is 49.7 Å². The SMILES string of the molecule is C[n+]1ccc(-c2cc[n+](CC(=O)C34CC5CC(CC(C5)C3)C4)cc2)cc1. The van der Waals surface area contributed by atoms with E-state index in [2.05, 4.69) is 53.6 Å². The van der Waals surface area contributed by atoms with Gasteiger partial charge in [0.1, 0.15) is 7.05 Å². The lowest BCUT2D eigenvalue weighted by Crippen LogP contribution is -2.53. The third-order valence-corrected chi connectivity index (χ3v) is 7.16. The first kappa shape index (κ1) is 16.2. The summed E-state index contributed by atoms with van der Waals surface area (Å²) in [5, 5.41) is 0. The molecule has 0 saturated heterocycles. The van der Waals surface area contributed by atoms with E-state index >= 15 is 0 Å². The molecule has 2 aromatic heterocycles. The molecule has 0 spiro atoms. The number of carbonyl (C=O) groups is 1. The minimum atomic E-state index is 0.00853. The maximum Gasteiger partial charge on any atom is 0.207 e. The molecular formula is C23H28N2O+2. The Morgan fingerprint density at radius 1 is 0.885 bits per heavy atom. The van der Waals surface area contributed by atoms with Crippen LogP contribution in [0.3, 0.4) is 0 Å². The molecule has 0 unspecified atom stereocenters. The number of Topliss-reactive ketones (excluding diaryl/α,β-unsaturated/α-hetero) is 1. The summed E-state index contributed by atoms with van der Waals surface area (Å²) in [5.74, 6) is 2.98. The van der Waals surface area contributed by atoms with Crippen LogP contribution in [-0.4, -0.2) is 5.78 Å². The second-order valence-electron chi connectivity index (χ2n) is 9.13. The van der Waals surface area contributed by atoms with Gasteiger partial charge in [-0.1, -0.05) is 0 Å². The smallest absolute Gasteiger partial charge is 0.207 e. The van der Waals surface area contributed by atoms with Crippen molar-refractivity contribution in [3.63, 3.8) is 0 Å². The van der Waals surface area contributed by atoms with E-state index in [9.17, 15) is 4.79 Å². The van der Waals surface area contributed by atoms with Gasteiger partial charge in [-0.05, 0) is 67.4 Å². The van der Waals surface area contributed by atoms with Crippen molar-refractivity contribution < 1.29 is 13.9 Å². The van der Waals surface area contributed by atoms with E-state index in [4.69, 9.17) is 0 Å². The molecule has 134 valence electrons. The lowest BCUT2D eigenvalue weighted by atomic mass is 9.48. The number of hydrogen-bond acceptors (Lipinski definition) is 1. The average molecular weight is 348 g/mol. The van der Waals surface area contributed by atoms with Crippen LogP contribution in [0.4, 0.5) is 0 Å². The van der Waals surface area contributed by atoms with Gasteiger partial charge in [-0.3, -0.25) is 4.79 Å². The van der Waals surface area contributed by atoms with Gasteiger partial charge in [0.15, 0.2) is 24.8 Å². The summed E-state index contributed by atoms with van der Waals surface area (Å²) in [7, 11) is 2.03. The van der Waals surface area contributed by atoms with Crippen molar-refractivity contribution in [1.82, 2.24) is 0 Å². The molecule has 6 rings (SSSR count). The Hall–Kier alpha value is -2.03. The zero-order valence-electron chi connectivity index (χ0n) is 15.6. The van der Waals surface area contributed by atoms with Crippen molar-refractivity contribution in [2.24, 2.45) is 30.2 Å². The molecule has 2 aromatic rings. The lowest BCUT2D eigenvalue weighted by Gasteiger charge is -2.55. The quantitative estimate of drug-likeness (QED) is 0.779. The van der Waals surface area contributed by atoms with Crippen LogP contribution in [-0.2, 0) is 18.4 Å². The molecule has 0 N–H and O–H groups in total. The predicted octanol–water partition coefficient (Wildman–Crippen LogP) is 3.25. The molecule has 4 saturated carbocycles. The molecule has 0 atom stereocenters. The molecule has 4 aliphatic carbocycles. The molecule has 0 aromatic carbocycles. The van der Waals surface area contributed by atoms with Gasteiger partial charge in [0.2, 0.25) is 12.3 Å². The van der Waals surface area contributed by atoms with Crippen LogP contribution in [0.2, 0.25) is 0 Å². The van der Waals surface area contributed by atoms with Crippen LogP contribution in [0.15, 0.2) is 49.1 Å². The van der Waals surface area contributed by atoms with Gasteiger partial charge < -0.3 is 0 Å². The molecule has 3 heteroatoms. The lowest BCUT2D eigenvalue weighted by molar-refractivity contribution is -0.685. The summed E-state index contributed by atoms with van der Waals surface area (Å²) >= 11 is 0. The Labute approximate surface area is 155 Å². The Morgan fingerprint density at radius 2 is 1.35 bits per heavy atom.